The van der Waals surface area contributed by atoms with Gasteiger partial charge in [0, 0.05) is 6.07 Å². The summed E-state index contributed by atoms with van der Waals surface area (Å²) >= 11 is 2.94. The van der Waals surface area contributed by atoms with E-state index in [1.807, 2.05) is 0 Å². The molecule has 0 aliphatic heterocycles. The molecule has 0 heterocycles. The minimum Gasteiger partial charge on any atom is -0.288 e. The summed E-state index contributed by atoms with van der Waals surface area (Å²) in [5.74, 6) is -3.41. The highest BCUT2D eigenvalue weighted by Crippen LogP contribution is 2.22. The van der Waals surface area contributed by atoms with Crippen LogP contribution in [0, 0.1) is 17.5 Å². The van der Waals surface area contributed by atoms with Crippen LogP contribution in [0.25, 0.3) is 0 Å². The van der Waals surface area contributed by atoms with Gasteiger partial charge < -0.3 is 0 Å². The first-order chi connectivity index (χ1) is 8.50. The van der Waals surface area contributed by atoms with Crippen molar-refractivity contribution in [1.29, 1.82) is 0 Å². The molecule has 0 bridgehead atoms. The van der Waals surface area contributed by atoms with Gasteiger partial charge in [-0.05, 0) is 40.2 Å². The van der Waals surface area contributed by atoms with Gasteiger partial charge in [-0.25, -0.2) is 13.2 Å². The van der Waals surface area contributed by atoms with Crippen LogP contribution >= 0.6 is 15.9 Å². The fourth-order valence-corrected chi connectivity index (χ4v) is 1.86. The van der Waals surface area contributed by atoms with Gasteiger partial charge in [0.05, 0.1) is 15.6 Å². The summed E-state index contributed by atoms with van der Waals surface area (Å²) in [6.45, 7) is 0. The van der Waals surface area contributed by atoms with Gasteiger partial charge in [-0.15, -0.1) is 0 Å². The van der Waals surface area contributed by atoms with Crippen LogP contribution in [0.5, 0.6) is 0 Å². The number of carbonyl (C=O) groups is 1. The van der Waals surface area contributed by atoms with Crippen LogP contribution in [-0.2, 0) is 0 Å². The van der Waals surface area contributed by atoms with Gasteiger partial charge in [0.15, 0.2) is 5.78 Å². The fraction of sp³-hybridized carbons (Fsp3) is 0. The molecule has 1 nitrogen and oxygen atoms in total. The second kappa shape index (κ2) is 4.94. The maximum atomic E-state index is 13.7. The number of halogens is 4. The Balaban J connectivity index is 2.51. The first kappa shape index (κ1) is 12.8. The summed E-state index contributed by atoms with van der Waals surface area (Å²) in [4.78, 5) is 11.9. The molecule has 0 radical (unpaired) electrons. The van der Waals surface area contributed by atoms with E-state index >= 15 is 0 Å². The normalized spacial score (nSPS) is 10.4. The highest BCUT2D eigenvalue weighted by atomic mass is 79.9. The highest BCUT2D eigenvalue weighted by molar-refractivity contribution is 9.10. The predicted octanol–water partition coefficient (Wildman–Crippen LogP) is 4.10. The smallest absolute Gasteiger partial charge is 0.198 e. The summed E-state index contributed by atoms with van der Waals surface area (Å²) in [6, 6.07) is 6.66. The second-order valence-corrected chi connectivity index (χ2v) is 4.41. The van der Waals surface area contributed by atoms with Crippen LogP contribution in [0.3, 0.4) is 0 Å². The molecule has 0 aliphatic rings. The average Bonchev–Trinajstić information content (AvgIpc) is 2.32. The largest absolute Gasteiger partial charge is 0.288 e. The maximum absolute atomic E-state index is 13.7. The minimum absolute atomic E-state index is 0.107. The van der Waals surface area contributed by atoms with Crippen molar-refractivity contribution in [3.8, 4) is 0 Å². The van der Waals surface area contributed by atoms with Crippen LogP contribution in [0.2, 0.25) is 0 Å². The third-order valence-electron chi connectivity index (χ3n) is 2.37. The van der Waals surface area contributed by atoms with Gasteiger partial charge in [0.2, 0.25) is 0 Å². The van der Waals surface area contributed by atoms with E-state index in [1.165, 1.54) is 18.2 Å². The summed E-state index contributed by atoms with van der Waals surface area (Å²) in [5.41, 5.74) is -0.636. The Morgan fingerprint density at radius 2 is 1.72 bits per heavy atom. The van der Waals surface area contributed by atoms with Crippen LogP contribution in [0.15, 0.2) is 40.9 Å². The van der Waals surface area contributed by atoms with E-state index in [4.69, 9.17) is 0 Å². The van der Waals surface area contributed by atoms with Crippen LogP contribution in [0.1, 0.15) is 15.9 Å². The van der Waals surface area contributed by atoms with Gasteiger partial charge in [-0.2, -0.15) is 0 Å². The summed E-state index contributed by atoms with van der Waals surface area (Å²) in [6.07, 6.45) is 0. The third kappa shape index (κ3) is 2.31. The molecule has 0 aromatic heterocycles. The van der Waals surface area contributed by atoms with Gasteiger partial charge in [-0.1, -0.05) is 6.07 Å². The molecular formula is C13H6BrF3O. The van der Waals surface area contributed by atoms with Crippen molar-refractivity contribution in [2.45, 2.75) is 0 Å². The molecule has 0 saturated carbocycles. The molecule has 0 aliphatic carbocycles. The van der Waals surface area contributed by atoms with Gasteiger partial charge in [-0.3, -0.25) is 4.79 Å². The van der Waals surface area contributed by atoms with Crippen molar-refractivity contribution in [3.63, 3.8) is 0 Å². The lowest BCUT2D eigenvalue weighted by atomic mass is 10.0. The Morgan fingerprint density at radius 1 is 1.00 bits per heavy atom. The molecule has 92 valence electrons. The second-order valence-electron chi connectivity index (χ2n) is 3.55. The first-order valence-corrected chi connectivity index (χ1v) is 5.74. The van der Waals surface area contributed by atoms with Crippen molar-refractivity contribution >= 4 is 21.7 Å². The monoisotopic (exact) mass is 314 g/mol. The predicted molar refractivity (Wildman–Crippen MR) is 63.9 cm³/mol. The van der Waals surface area contributed by atoms with E-state index in [2.05, 4.69) is 15.9 Å². The Labute approximate surface area is 109 Å². The molecule has 0 spiro atoms. The number of ketones is 1. The van der Waals surface area contributed by atoms with Crippen molar-refractivity contribution in [3.05, 3.63) is 69.4 Å². The van der Waals surface area contributed by atoms with Crippen molar-refractivity contribution < 1.29 is 18.0 Å². The molecule has 2 aromatic carbocycles. The number of rotatable bonds is 2. The lowest BCUT2D eigenvalue weighted by Crippen LogP contribution is -2.07. The van der Waals surface area contributed by atoms with E-state index in [-0.39, 0.29) is 15.6 Å². The molecule has 0 atom stereocenters. The Bertz CT molecular complexity index is 626. The molecule has 0 unspecified atom stereocenters. The molecule has 2 rings (SSSR count). The van der Waals surface area contributed by atoms with Crippen molar-refractivity contribution in [2.75, 3.05) is 0 Å². The van der Waals surface area contributed by atoms with E-state index in [0.717, 1.165) is 12.1 Å². The molecule has 0 saturated heterocycles. The lowest BCUT2D eigenvalue weighted by Gasteiger charge is -2.05. The number of hydrogen-bond acceptors (Lipinski definition) is 1. The number of hydrogen-bond donors (Lipinski definition) is 0. The summed E-state index contributed by atoms with van der Waals surface area (Å²) in [7, 11) is 0. The van der Waals surface area contributed by atoms with Crippen LogP contribution in [-0.4, -0.2) is 5.78 Å². The molecule has 18 heavy (non-hydrogen) atoms. The Morgan fingerprint density at radius 3 is 2.39 bits per heavy atom. The fourth-order valence-electron chi connectivity index (χ4n) is 1.50. The standard InChI is InChI=1S/C13H6BrF3O/c14-10-3-1-2-9(12(10)17)13(18)8-5-4-7(15)6-11(8)16/h1-6H. The molecule has 0 fully saturated rings. The zero-order valence-electron chi connectivity index (χ0n) is 8.88. The maximum Gasteiger partial charge on any atom is 0.198 e. The molecule has 0 amide bonds. The lowest BCUT2D eigenvalue weighted by molar-refractivity contribution is 0.103. The number of carbonyl (C=O) groups excluding carboxylic acids is 1. The molecule has 5 heteroatoms. The zero-order valence-corrected chi connectivity index (χ0v) is 10.5. The molecule has 0 N–H and O–H groups in total. The molecular weight excluding hydrogens is 309 g/mol. The topological polar surface area (TPSA) is 17.1 Å². The van der Waals surface area contributed by atoms with Gasteiger partial charge >= 0.3 is 0 Å². The zero-order chi connectivity index (χ0) is 13.3. The van der Waals surface area contributed by atoms with E-state index in [9.17, 15) is 18.0 Å². The van der Waals surface area contributed by atoms with Gasteiger partial charge in [0.1, 0.15) is 17.5 Å². The van der Waals surface area contributed by atoms with Gasteiger partial charge in [0.25, 0.3) is 0 Å². The average molecular weight is 315 g/mol. The van der Waals surface area contributed by atoms with Crippen LogP contribution in [0.4, 0.5) is 13.2 Å². The summed E-state index contributed by atoms with van der Waals surface area (Å²) < 4.78 is 39.9. The summed E-state index contributed by atoms with van der Waals surface area (Å²) in [5, 5.41) is 0. The SMILES string of the molecule is O=C(c1ccc(F)cc1F)c1cccc(Br)c1F. The van der Waals surface area contributed by atoms with Crippen LogP contribution < -0.4 is 0 Å². The molecule has 2 aromatic rings. The van der Waals surface area contributed by atoms with E-state index in [0.29, 0.717) is 6.07 Å². The highest BCUT2D eigenvalue weighted by Gasteiger charge is 2.19. The van der Waals surface area contributed by atoms with Crippen molar-refractivity contribution in [2.24, 2.45) is 0 Å². The van der Waals surface area contributed by atoms with Crippen molar-refractivity contribution in [1.82, 2.24) is 0 Å². The quantitative estimate of drug-likeness (QED) is 0.763. The minimum atomic E-state index is -1.01. The number of benzene rings is 2. The Hall–Kier alpha value is -1.62. The first-order valence-electron chi connectivity index (χ1n) is 4.94. The Kier molecular flexibility index (Phi) is 3.52. The third-order valence-corrected chi connectivity index (χ3v) is 2.98. The van der Waals surface area contributed by atoms with E-state index in [1.54, 1.807) is 0 Å². The van der Waals surface area contributed by atoms with E-state index < -0.39 is 23.2 Å².